The molecule has 0 saturated carbocycles. The lowest BCUT2D eigenvalue weighted by atomic mass is 10.2. The fourth-order valence-electron chi connectivity index (χ4n) is 2.01. The standard InChI is InChI=1S/C16H20Br2N2O/c1-4-10(2)20-9-11(3)21-16-14(18)8-13(17)12-6-5-7-19-15(12)16/h5-8,10-11,20H,4,9H2,1-3H3. The Morgan fingerprint density at radius 3 is 2.76 bits per heavy atom. The quantitative estimate of drug-likeness (QED) is 0.727. The Hall–Kier alpha value is -0.650. The normalized spacial score (nSPS) is 14.1. The summed E-state index contributed by atoms with van der Waals surface area (Å²) in [5.74, 6) is 0.798. The highest BCUT2D eigenvalue weighted by Gasteiger charge is 2.15. The van der Waals surface area contributed by atoms with Crippen molar-refractivity contribution in [3.63, 3.8) is 0 Å². The second kappa shape index (κ2) is 7.56. The first kappa shape index (κ1) is 16.7. The Morgan fingerprint density at radius 1 is 1.29 bits per heavy atom. The van der Waals surface area contributed by atoms with Gasteiger partial charge in [-0.15, -0.1) is 0 Å². The average molecular weight is 416 g/mol. The lowest BCUT2D eigenvalue weighted by Gasteiger charge is -2.20. The molecule has 2 unspecified atom stereocenters. The first-order valence-corrected chi connectivity index (χ1v) is 8.74. The number of fused-ring (bicyclic) bond motifs is 1. The van der Waals surface area contributed by atoms with Crippen LogP contribution in [0.2, 0.25) is 0 Å². The van der Waals surface area contributed by atoms with Gasteiger partial charge in [-0.1, -0.05) is 28.9 Å². The molecular formula is C16H20Br2N2O. The molecule has 1 aromatic heterocycles. The van der Waals surface area contributed by atoms with Crippen LogP contribution in [0.4, 0.5) is 0 Å². The third-order valence-corrected chi connectivity index (χ3v) is 4.68. The Bertz CT molecular complexity index is 618. The van der Waals surface area contributed by atoms with Gasteiger partial charge in [-0.2, -0.15) is 0 Å². The molecule has 2 atom stereocenters. The summed E-state index contributed by atoms with van der Waals surface area (Å²) in [4.78, 5) is 4.46. The zero-order valence-corrected chi connectivity index (χ0v) is 15.7. The number of hydrogen-bond donors (Lipinski definition) is 1. The van der Waals surface area contributed by atoms with Crippen molar-refractivity contribution in [3.8, 4) is 5.75 Å². The van der Waals surface area contributed by atoms with Crippen LogP contribution in [-0.4, -0.2) is 23.7 Å². The van der Waals surface area contributed by atoms with Crippen LogP contribution in [0.15, 0.2) is 33.3 Å². The first-order chi connectivity index (χ1) is 10.0. The van der Waals surface area contributed by atoms with Crippen LogP contribution in [-0.2, 0) is 0 Å². The molecule has 0 fully saturated rings. The zero-order chi connectivity index (χ0) is 15.4. The van der Waals surface area contributed by atoms with Gasteiger partial charge in [-0.25, -0.2) is 0 Å². The summed E-state index contributed by atoms with van der Waals surface area (Å²) in [6.07, 6.45) is 2.97. The van der Waals surface area contributed by atoms with Crippen molar-refractivity contribution in [1.29, 1.82) is 0 Å². The van der Waals surface area contributed by atoms with E-state index in [2.05, 4.69) is 62.9 Å². The number of halogens is 2. The number of benzene rings is 1. The van der Waals surface area contributed by atoms with E-state index in [1.54, 1.807) is 6.20 Å². The Morgan fingerprint density at radius 2 is 2.05 bits per heavy atom. The van der Waals surface area contributed by atoms with Crippen molar-refractivity contribution in [2.75, 3.05) is 6.54 Å². The van der Waals surface area contributed by atoms with Crippen LogP contribution in [0.1, 0.15) is 27.2 Å². The Kier molecular flexibility index (Phi) is 6.02. The van der Waals surface area contributed by atoms with E-state index in [1.807, 2.05) is 18.2 Å². The first-order valence-electron chi connectivity index (χ1n) is 7.15. The molecule has 0 aliphatic heterocycles. The topological polar surface area (TPSA) is 34.1 Å². The van der Waals surface area contributed by atoms with Gasteiger partial charge in [0.25, 0.3) is 0 Å². The van der Waals surface area contributed by atoms with Crippen LogP contribution in [0.5, 0.6) is 5.75 Å². The number of hydrogen-bond acceptors (Lipinski definition) is 3. The molecule has 0 aliphatic rings. The summed E-state index contributed by atoms with van der Waals surface area (Å²) in [6.45, 7) is 7.23. The highest BCUT2D eigenvalue weighted by molar-refractivity contribution is 9.11. The molecule has 0 spiro atoms. The van der Waals surface area contributed by atoms with E-state index in [0.29, 0.717) is 6.04 Å². The summed E-state index contributed by atoms with van der Waals surface area (Å²) in [7, 11) is 0. The molecule has 3 nitrogen and oxygen atoms in total. The van der Waals surface area contributed by atoms with Gasteiger partial charge >= 0.3 is 0 Å². The van der Waals surface area contributed by atoms with Crippen molar-refractivity contribution >= 4 is 42.8 Å². The summed E-state index contributed by atoms with van der Waals surface area (Å²) in [5.41, 5.74) is 0.870. The van der Waals surface area contributed by atoms with E-state index in [0.717, 1.165) is 38.6 Å². The van der Waals surface area contributed by atoms with Gasteiger partial charge in [-0.3, -0.25) is 4.98 Å². The smallest absolute Gasteiger partial charge is 0.160 e. The summed E-state index contributed by atoms with van der Waals surface area (Å²) < 4.78 is 8.04. The fraction of sp³-hybridized carbons (Fsp3) is 0.438. The maximum absolute atomic E-state index is 6.12. The lowest BCUT2D eigenvalue weighted by Crippen LogP contribution is -2.34. The van der Waals surface area contributed by atoms with Crippen LogP contribution < -0.4 is 10.1 Å². The van der Waals surface area contributed by atoms with Crippen molar-refractivity contribution in [3.05, 3.63) is 33.3 Å². The van der Waals surface area contributed by atoms with Crippen LogP contribution in [0.25, 0.3) is 10.9 Å². The molecule has 2 aromatic rings. The molecule has 0 bridgehead atoms. The van der Waals surface area contributed by atoms with Gasteiger partial charge in [0.15, 0.2) is 5.75 Å². The minimum atomic E-state index is 0.0710. The Balaban J connectivity index is 2.22. The van der Waals surface area contributed by atoms with E-state index >= 15 is 0 Å². The van der Waals surface area contributed by atoms with Crippen LogP contribution in [0, 0.1) is 0 Å². The molecular weight excluding hydrogens is 396 g/mol. The van der Waals surface area contributed by atoms with Crippen LogP contribution >= 0.6 is 31.9 Å². The van der Waals surface area contributed by atoms with Crippen molar-refractivity contribution in [2.45, 2.75) is 39.3 Å². The minimum Gasteiger partial charge on any atom is -0.486 e. The molecule has 1 aromatic carbocycles. The predicted molar refractivity (Wildman–Crippen MR) is 95.0 cm³/mol. The molecule has 1 heterocycles. The molecule has 2 rings (SSSR count). The molecule has 21 heavy (non-hydrogen) atoms. The van der Waals surface area contributed by atoms with Gasteiger partial charge in [-0.05, 0) is 48.3 Å². The molecule has 0 amide bonds. The third-order valence-electron chi connectivity index (χ3n) is 3.44. The molecule has 0 aliphatic carbocycles. The minimum absolute atomic E-state index is 0.0710. The average Bonchev–Trinajstić information content (AvgIpc) is 2.49. The van der Waals surface area contributed by atoms with E-state index < -0.39 is 0 Å². The van der Waals surface area contributed by atoms with Crippen molar-refractivity contribution < 1.29 is 4.74 Å². The second-order valence-electron chi connectivity index (χ2n) is 5.21. The summed E-state index contributed by atoms with van der Waals surface area (Å²) in [5, 5.41) is 4.51. The maximum Gasteiger partial charge on any atom is 0.160 e. The monoisotopic (exact) mass is 414 g/mol. The maximum atomic E-state index is 6.12. The van der Waals surface area contributed by atoms with Gasteiger partial charge in [0.1, 0.15) is 11.6 Å². The highest BCUT2D eigenvalue weighted by Crippen LogP contribution is 2.37. The number of pyridine rings is 1. The SMILES string of the molecule is CCC(C)NCC(C)Oc1c(Br)cc(Br)c2cccnc12. The number of aromatic nitrogens is 1. The third kappa shape index (κ3) is 4.18. The van der Waals surface area contributed by atoms with Gasteiger partial charge in [0, 0.05) is 28.6 Å². The largest absolute Gasteiger partial charge is 0.486 e. The zero-order valence-electron chi connectivity index (χ0n) is 12.5. The highest BCUT2D eigenvalue weighted by atomic mass is 79.9. The fourth-order valence-corrected chi connectivity index (χ4v) is 3.38. The molecule has 0 radical (unpaired) electrons. The lowest BCUT2D eigenvalue weighted by molar-refractivity contribution is 0.213. The molecule has 5 heteroatoms. The number of rotatable bonds is 6. The summed E-state index contributed by atoms with van der Waals surface area (Å²) >= 11 is 7.14. The molecule has 0 saturated heterocycles. The second-order valence-corrected chi connectivity index (χ2v) is 6.92. The van der Waals surface area contributed by atoms with Gasteiger partial charge in [0.2, 0.25) is 0 Å². The van der Waals surface area contributed by atoms with Gasteiger partial charge < -0.3 is 10.1 Å². The van der Waals surface area contributed by atoms with E-state index in [4.69, 9.17) is 4.74 Å². The van der Waals surface area contributed by atoms with Crippen molar-refractivity contribution in [1.82, 2.24) is 10.3 Å². The summed E-state index contributed by atoms with van der Waals surface area (Å²) in [6, 6.07) is 6.47. The van der Waals surface area contributed by atoms with E-state index in [1.165, 1.54) is 0 Å². The molecule has 114 valence electrons. The number of nitrogens with one attached hydrogen (secondary N) is 1. The van der Waals surface area contributed by atoms with E-state index in [9.17, 15) is 0 Å². The number of nitrogens with zero attached hydrogens (tertiary/aromatic N) is 1. The van der Waals surface area contributed by atoms with Crippen LogP contribution in [0.3, 0.4) is 0 Å². The van der Waals surface area contributed by atoms with E-state index in [-0.39, 0.29) is 6.10 Å². The van der Waals surface area contributed by atoms with Crippen molar-refractivity contribution in [2.24, 2.45) is 0 Å². The van der Waals surface area contributed by atoms with Gasteiger partial charge in [0.05, 0.1) is 4.47 Å². The predicted octanol–water partition coefficient (Wildman–Crippen LogP) is 4.92. The Labute approximate surface area is 142 Å². The number of ether oxygens (including phenoxy) is 1. The molecule has 1 N–H and O–H groups in total.